The average Bonchev–Trinajstić information content (AvgIpc) is 2.20. The zero-order valence-electron chi connectivity index (χ0n) is 9.08. The van der Waals surface area contributed by atoms with Crippen LogP contribution in [0.1, 0.15) is 39.5 Å². The molecule has 0 aliphatic rings. The first-order valence-corrected chi connectivity index (χ1v) is 5.18. The third-order valence-corrected chi connectivity index (χ3v) is 1.64. The van der Waals surface area contributed by atoms with Gasteiger partial charge in [-0.15, -0.1) is 0 Å². The van der Waals surface area contributed by atoms with Gasteiger partial charge in [0.2, 0.25) is 5.91 Å². The van der Waals surface area contributed by atoms with E-state index in [2.05, 4.69) is 10.5 Å². The lowest BCUT2D eigenvalue weighted by Gasteiger charge is -2.02. The van der Waals surface area contributed by atoms with Gasteiger partial charge in [-0.05, 0) is 26.2 Å². The molecule has 0 saturated heterocycles. The van der Waals surface area contributed by atoms with Crippen LogP contribution in [0.25, 0.3) is 0 Å². The number of oxime groups is 1. The minimum Gasteiger partial charge on any atom is -0.396 e. The molecule has 0 aromatic rings. The van der Waals surface area contributed by atoms with Gasteiger partial charge < -0.3 is 10.2 Å². The monoisotopic (exact) mass is 200 g/mol. The summed E-state index contributed by atoms with van der Waals surface area (Å²) < 4.78 is 0. The third kappa shape index (κ3) is 9.03. The molecule has 0 atom stereocenters. The van der Waals surface area contributed by atoms with Crippen molar-refractivity contribution >= 4 is 12.1 Å². The van der Waals surface area contributed by atoms with E-state index >= 15 is 0 Å². The molecule has 0 aromatic carbocycles. The van der Waals surface area contributed by atoms with Gasteiger partial charge in [-0.1, -0.05) is 12.1 Å². The molecular weight excluding hydrogens is 180 g/mol. The second-order valence-electron chi connectivity index (χ2n) is 3.00. The highest BCUT2D eigenvalue weighted by Crippen LogP contribution is 1.96. The van der Waals surface area contributed by atoms with Gasteiger partial charge in [0, 0.05) is 19.2 Å². The number of nitrogens with one attached hydrogen (secondary N) is 1. The summed E-state index contributed by atoms with van der Waals surface area (Å²) in [6.07, 6.45) is 4.90. The van der Waals surface area contributed by atoms with Gasteiger partial charge in [0.05, 0.1) is 0 Å². The topological polar surface area (TPSA) is 50.7 Å². The molecule has 0 spiro atoms. The van der Waals surface area contributed by atoms with Gasteiger partial charge in [-0.25, -0.2) is 0 Å². The summed E-state index contributed by atoms with van der Waals surface area (Å²) in [7, 11) is 0. The molecule has 0 saturated carbocycles. The van der Waals surface area contributed by atoms with E-state index in [0.717, 1.165) is 25.8 Å². The van der Waals surface area contributed by atoms with Crippen LogP contribution in [0.2, 0.25) is 0 Å². The zero-order chi connectivity index (χ0) is 10.6. The van der Waals surface area contributed by atoms with Crippen molar-refractivity contribution in [3.8, 4) is 0 Å². The predicted molar refractivity (Wildman–Crippen MR) is 57.3 cm³/mol. The van der Waals surface area contributed by atoms with Crippen LogP contribution in [0, 0.1) is 0 Å². The Morgan fingerprint density at radius 2 is 2.29 bits per heavy atom. The van der Waals surface area contributed by atoms with Crippen molar-refractivity contribution in [3.05, 3.63) is 0 Å². The highest BCUT2D eigenvalue weighted by Gasteiger charge is 1.98. The normalized spacial score (nSPS) is 10.4. The summed E-state index contributed by atoms with van der Waals surface area (Å²) in [5.41, 5.74) is 0. The van der Waals surface area contributed by atoms with Gasteiger partial charge in [0.15, 0.2) is 0 Å². The Balaban J connectivity index is 3.14. The lowest BCUT2D eigenvalue weighted by Crippen LogP contribution is -2.23. The molecule has 0 radical (unpaired) electrons. The first kappa shape index (κ1) is 12.9. The number of hydrogen-bond acceptors (Lipinski definition) is 3. The molecule has 14 heavy (non-hydrogen) atoms. The number of carbonyl (C=O) groups excluding carboxylic acids is 1. The van der Waals surface area contributed by atoms with Crippen LogP contribution in [0.15, 0.2) is 5.16 Å². The smallest absolute Gasteiger partial charge is 0.219 e. The van der Waals surface area contributed by atoms with E-state index in [1.54, 1.807) is 13.1 Å². The van der Waals surface area contributed by atoms with E-state index in [9.17, 15) is 4.79 Å². The van der Waals surface area contributed by atoms with Crippen molar-refractivity contribution in [1.82, 2.24) is 5.32 Å². The number of amides is 1. The molecule has 0 bridgehead atoms. The molecule has 1 N–H and O–H groups in total. The Morgan fingerprint density at radius 3 is 2.93 bits per heavy atom. The largest absolute Gasteiger partial charge is 0.396 e. The number of unbranched alkanes of at least 4 members (excludes halogenated alkanes) is 1. The number of nitrogens with zero attached hydrogens (tertiary/aromatic N) is 1. The Kier molecular flexibility index (Phi) is 9.26. The highest BCUT2D eigenvalue weighted by molar-refractivity contribution is 5.75. The van der Waals surface area contributed by atoms with E-state index in [1.807, 2.05) is 6.92 Å². The van der Waals surface area contributed by atoms with Crippen LogP contribution < -0.4 is 5.32 Å². The molecule has 0 aliphatic heterocycles. The van der Waals surface area contributed by atoms with Crippen molar-refractivity contribution in [2.24, 2.45) is 5.16 Å². The Hall–Kier alpha value is -1.06. The Labute approximate surface area is 85.7 Å². The first-order valence-electron chi connectivity index (χ1n) is 5.18. The fourth-order valence-electron chi connectivity index (χ4n) is 0.932. The van der Waals surface area contributed by atoms with Gasteiger partial charge in [0.25, 0.3) is 0 Å². The van der Waals surface area contributed by atoms with Crippen molar-refractivity contribution in [2.75, 3.05) is 13.2 Å². The van der Waals surface area contributed by atoms with Crippen molar-refractivity contribution in [3.63, 3.8) is 0 Å². The van der Waals surface area contributed by atoms with Gasteiger partial charge in [0.1, 0.15) is 6.61 Å². The maximum Gasteiger partial charge on any atom is 0.219 e. The summed E-state index contributed by atoms with van der Waals surface area (Å²) in [6, 6.07) is 0. The zero-order valence-corrected chi connectivity index (χ0v) is 9.08. The molecule has 0 rings (SSSR count). The SMILES string of the molecule is C/C=N\OCCCCC(=O)NCCC. The maximum atomic E-state index is 11.1. The number of rotatable bonds is 8. The number of carbonyl (C=O) groups is 1. The summed E-state index contributed by atoms with van der Waals surface area (Å²) in [5, 5.41) is 6.44. The Morgan fingerprint density at radius 1 is 1.50 bits per heavy atom. The summed E-state index contributed by atoms with van der Waals surface area (Å²) in [6.45, 7) is 5.20. The summed E-state index contributed by atoms with van der Waals surface area (Å²) in [4.78, 5) is 16.0. The molecule has 0 unspecified atom stereocenters. The van der Waals surface area contributed by atoms with Crippen LogP contribution in [-0.4, -0.2) is 25.3 Å². The molecule has 1 amide bonds. The quantitative estimate of drug-likeness (QED) is 0.368. The molecule has 4 nitrogen and oxygen atoms in total. The molecular formula is C10H20N2O2. The summed E-state index contributed by atoms with van der Waals surface area (Å²) in [5.74, 6) is 0.130. The van der Waals surface area contributed by atoms with E-state index in [0.29, 0.717) is 13.0 Å². The van der Waals surface area contributed by atoms with Crippen molar-refractivity contribution < 1.29 is 9.63 Å². The van der Waals surface area contributed by atoms with Crippen LogP contribution in [-0.2, 0) is 9.63 Å². The van der Waals surface area contributed by atoms with Gasteiger partial charge in [-0.2, -0.15) is 0 Å². The average molecular weight is 200 g/mol. The lowest BCUT2D eigenvalue weighted by molar-refractivity contribution is -0.121. The third-order valence-electron chi connectivity index (χ3n) is 1.64. The fraction of sp³-hybridized carbons (Fsp3) is 0.800. The Bertz CT molecular complexity index is 170. The second kappa shape index (κ2) is 10.0. The van der Waals surface area contributed by atoms with E-state index in [1.165, 1.54) is 0 Å². The standard InChI is InChI=1S/C10H20N2O2/c1-3-8-11-10(13)7-5-6-9-14-12-4-2/h4H,3,5-9H2,1-2H3,(H,11,13)/b12-4-. The highest BCUT2D eigenvalue weighted by atomic mass is 16.6. The molecule has 0 heterocycles. The van der Waals surface area contributed by atoms with Crippen LogP contribution in [0.5, 0.6) is 0 Å². The van der Waals surface area contributed by atoms with Crippen LogP contribution in [0.3, 0.4) is 0 Å². The van der Waals surface area contributed by atoms with Crippen molar-refractivity contribution in [1.29, 1.82) is 0 Å². The van der Waals surface area contributed by atoms with Crippen LogP contribution in [0.4, 0.5) is 0 Å². The fourth-order valence-corrected chi connectivity index (χ4v) is 0.932. The first-order chi connectivity index (χ1) is 6.81. The molecule has 0 aromatic heterocycles. The van der Waals surface area contributed by atoms with Crippen molar-refractivity contribution in [2.45, 2.75) is 39.5 Å². The van der Waals surface area contributed by atoms with E-state index < -0.39 is 0 Å². The maximum absolute atomic E-state index is 11.1. The predicted octanol–water partition coefficient (Wildman–Crippen LogP) is 1.71. The minimum absolute atomic E-state index is 0.130. The lowest BCUT2D eigenvalue weighted by atomic mass is 10.2. The molecule has 82 valence electrons. The van der Waals surface area contributed by atoms with Gasteiger partial charge in [-0.3, -0.25) is 4.79 Å². The molecule has 4 heteroatoms. The van der Waals surface area contributed by atoms with Gasteiger partial charge >= 0.3 is 0 Å². The minimum atomic E-state index is 0.130. The molecule has 0 fully saturated rings. The van der Waals surface area contributed by atoms with E-state index in [-0.39, 0.29) is 5.91 Å². The number of hydrogen-bond donors (Lipinski definition) is 1. The molecule has 0 aliphatic carbocycles. The second-order valence-corrected chi connectivity index (χ2v) is 3.00. The summed E-state index contributed by atoms with van der Waals surface area (Å²) >= 11 is 0. The van der Waals surface area contributed by atoms with E-state index in [4.69, 9.17) is 4.84 Å². The van der Waals surface area contributed by atoms with Crippen LogP contribution >= 0.6 is 0 Å².